The first kappa shape index (κ1) is 30.7. The van der Waals surface area contributed by atoms with Crippen LogP contribution in [-0.4, -0.2) is 63.7 Å². The van der Waals surface area contributed by atoms with Gasteiger partial charge in [0.1, 0.15) is 5.69 Å². The van der Waals surface area contributed by atoms with Crippen molar-refractivity contribution in [1.29, 1.82) is 0 Å². The van der Waals surface area contributed by atoms with E-state index in [2.05, 4.69) is 15.6 Å². The highest BCUT2D eigenvalue weighted by Gasteiger charge is 2.30. The summed E-state index contributed by atoms with van der Waals surface area (Å²) in [5.41, 5.74) is 9.06. The normalized spacial score (nSPS) is 15.6. The van der Waals surface area contributed by atoms with E-state index in [0.29, 0.717) is 29.6 Å². The molecule has 11 nitrogen and oxygen atoms in total. The predicted molar refractivity (Wildman–Crippen MR) is 171 cm³/mol. The van der Waals surface area contributed by atoms with Gasteiger partial charge in [0.15, 0.2) is 4.96 Å². The number of nitrogens with one attached hydrogen (secondary N) is 2. The van der Waals surface area contributed by atoms with Crippen LogP contribution >= 0.6 is 35.3 Å². The summed E-state index contributed by atoms with van der Waals surface area (Å²) in [6.45, 7) is 0.748. The van der Waals surface area contributed by atoms with Gasteiger partial charge >= 0.3 is 0 Å². The van der Waals surface area contributed by atoms with Crippen LogP contribution in [0.15, 0.2) is 77.3 Å². The highest BCUT2D eigenvalue weighted by atomic mass is 35.5. The summed E-state index contributed by atoms with van der Waals surface area (Å²) in [6, 6.07) is 15.5. The molecule has 0 bridgehead atoms. The van der Waals surface area contributed by atoms with Crippen LogP contribution in [0.3, 0.4) is 0 Å². The number of carbonyl (C=O) groups excluding carboxylic acids is 1. The lowest BCUT2D eigenvalue weighted by atomic mass is 10.1. The number of hydrogen-bond acceptors (Lipinski definition) is 9. The third kappa shape index (κ3) is 6.60. The summed E-state index contributed by atoms with van der Waals surface area (Å²) in [5, 5.41) is 8.82. The van der Waals surface area contributed by atoms with Crippen molar-refractivity contribution in [2.45, 2.75) is 23.8 Å². The van der Waals surface area contributed by atoms with E-state index >= 15 is 0 Å². The second kappa shape index (κ2) is 12.9. The number of halogens is 2. The van der Waals surface area contributed by atoms with Gasteiger partial charge in [0, 0.05) is 53.2 Å². The summed E-state index contributed by atoms with van der Waals surface area (Å²) in [5.74, 6) is -0.0514. The average Bonchev–Trinajstić information content (AvgIpc) is 3.59. The third-order valence-corrected chi connectivity index (χ3v) is 9.82. The Labute approximate surface area is 263 Å². The zero-order valence-electron chi connectivity index (χ0n) is 22.7. The van der Waals surface area contributed by atoms with Crippen LogP contribution in [0.5, 0.6) is 0 Å². The molecule has 0 spiro atoms. The van der Waals surface area contributed by atoms with E-state index in [-0.39, 0.29) is 36.4 Å². The Morgan fingerprint density at radius 2 is 1.95 bits per heavy atom. The minimum absolute atomic E-state index is 0. The molecule has 5 aromatic rings. The highest BCUT2D eigenvalue weighted by molar-refractivity contribution is 7.89. The van der Waals surface area contributed by atoms with Crippen molar-refractivity contribution in [3.8, 4) is 22.6 Å². The van der Waals surface area contributed by atoms with E-state index in [1.54, 1.807) is 18.3 Å². The van der Waals surface area contributed by atoms with Gasteiger partial charge in [-0.3, -0.25) is 9.20 Å². The monoisotopic (exact) mass is 658 g/mol. The summed E-state index contributed by atoms with van der Waals surface area (Å²) < 4.78 is 30.0. The maximum absolute atomic E-state index is 13.3. The lowest BCUT2D eigenvalue weighted by molar-refractivity contribution is -0.116. The minimum Gasteiger partial charge on any atom is -0.376 e. The van der Waals surface area contributed by atoms with Crippen LogP contribution in [0.2, 0.25) is 5.02 Å². The molecule has 0 saturated carbocycles. The Hall–Kier alpha value is -3.75. The lowest BCUT2D eigenvalue weighted by Crippen LogP contribution is -2.45. The fourth-order valence-corrected chi connectivity index (χ4v) is 7.34. The van der Waals surface area contributed by atoms with Crippen molar-refractivity contribution in [3.05, 3.63) is 77.4 Å². The van der Waals surface area contributed by atoms with Crippen molar-refractivity contribution in [3.63, 3.8) is 0 Å². The van der Waals surface area contributed by atoms with E-state index in [4.69, 9.17) is 27.3 Å². The van der Waals surface area contributed by atoms with Crippen LogP contribution in [0.1, 0.15) is 12.8 Å². The van der Waals surface area contributed by atoms with Crippen molar-refractivity contribution in [2.75, 3.05) is 30.3 Å². The Kier molecular flexibility index (Phi) is 9.18. The summed E-state index contributed by atoms with van der Waals surface area (Å²) in [6.07, 6.45) is 5.09. The largest absolute Gasteiger partial charge is 0.376 e. The standard InChI is InChI=1S/C28H27ClN8O3S2.ClH/c29-19-6-8-22(9-7-19)42(39,40)36-12-2-5-21(17-36)33-27-31-11-10-23(34-27)26-25(35-28-37(26)13-14-41-28)18-3-1-4-20(15-18)32-16-24(30)38;/h1,3-4,6-11,13-15,21,32H,2,5,12,16-17H2,(H2,30,38)(H,31,33,34);1H/t21-;/m1./s1. The smallest absolute Gasteiger partial charge is 0.243 e. The van der Waals surface area contributed by atoms with Crippen LogP contribution in [-0.2, 0) is 14.8 Å². The summed E-state index contributed by atoms with van der Waals surface area (Å²) >= 11 is 7.47. The fraction of sp³-hybridized carbons (Fsp3) is 0.214. The van der Waals surface area contributed by atoms with Crippen LogP contribution in [0.25, 0.3) is 27.6 Å². The number of aromatic nitrogens is 4. The fourth-order valence-electron chi connectivity index (χ4n) is 4.97. The highest BCUT2D eigenvalue weighted by Crippen LogP contribution is 2.35. The van der Waals surface area contributed by atoms with Crippen LogP contribution in [0.4, 0.5) is 11.6 Å². The third-order valence-electron chi connectivity index (χ3n) is 6.93. The molecule has 2 aromatic carbocycles. The molecule has 1 amide bonds. The van der Waals surface area contributed by atoms with Gasteiger partial charge in [-0.2, -0.15) is 4.31 Å². The van der Waals surface area contributed by atoms with Gasteiger partial charge in [0.2, 0.25) is 21.9 Å². The van der Waals surface area contributed by atoms with Gasteiger partial charge < -0.3 is 16.4 Å². The quantitative estimate of drug-likeness (QED) is 0.205. The molecule has 1 saturated heterocycles. The zero-order valence-corrected chi connectivity index (χ0v) is 25.9. The van der Waals surface area contributed by atoms with Crippen LogP contribution < -0.4 is 16.4 Å². The second-order valence-corrected chi connectivity index (χ2v) is 13.1. The summed E-state index contributed by atoms with van der Waals surface area (Å²) in [4.78, 5) is 26.4. The molecule has 15 heteroatoms. The number of piperidine rings is 1. The zero-order chi connectivity index (χ0) is 29.3. The number of nitrogens with zero attached hydrogens (tertiary/aromatic N) is 5. The topological polar surface area (TPSA) is 148 Å². The number of imidazole rings is 1. The van der Waals surface area contributed by atoms with Crippen molar-refractivity contribution >= 4 is 67.9 Å². The molecule has 0 aliphatic carbocycles. The first-order valence-electron chi connectivity index (χ1n) is 13.2. The molecular formula is C28H28Cl2N8O3S2. The Morgan fingerprint density at radius 1 is 1.14 bits per heavy atom. The van der Waals surface area contributed by atoms with Gasteiger partial charge in [-0.25, -0.2) is 23.4 Å². The molecule has 43 heavy (non-hydrogen) atoms. The number of carbonyl (C=O) groups is 1. The first-order valence-corrected chi connectivity index (χ1v) is 15.9. The molecule has 1 fully saturated rings. The maximum atomic E-state index is 13.3. The molecule has 3 aromatic heterocycles. The van der Waals surface area contributed by atoms with Crippen LogP contribution in [0, 0.1) is 0 Å². The molecule has 1 aliphatic heterocycles. The Balaban J connectivity index is 0.00000368. The second-order valence-electron chi connectivity index (χ2n) is 9.83. The number of benzene rings is 2. The van der Waals surface area contributed by atoms with Gasteiger partial charge in [0.25, 0.3) is 0 Å². The summed E-state index contributed by atoms with van der Waals surface area (Å²) in [7, 11) is -3.66. The molecule has 0 radical (unpaired) electrons. The molecule has 6 rings (SSSR count). The minimum atomic E-state index is -3.66. The number of primary amides is 1. The van der Waals surface area contributed by atoms with E-state index in [1.165, 1.54) is 27.8 Å². The average molecular weight is 660 g/mol. The van der Waals surface area contributed by atoms with Crippen molar-refractivity contribution in [2.24, 2.45) is 5.73 Å². The number of amides is 1. The molecule has 1 aliphatic rings. The van der Waals surface area contributed by atoms with Gasteiger partial charge in [-0.1, -0.05) is 23.7 Å². The first-order chi connectivity index (χ1) is 20.3. The van der Waals surface area contributed by atoms with Gasteiger partial charge in [0.05, 0.1) is 22.8 Å². The number of nitrogens with two attached hydrogens (primary N) is 1. The Morgan fingerprint density at radius 3 is 2.74 bits per heavy atom. The number of hydrogen-bond donors (Lipinski definition) is 3. The van der Waals surface area contributed by atoms with E-state index < -0.39 is 15.9 Å². The Bertz CT molecular complexity index is 1860. The number of sulfonamides is 1. The van der Waals surface area contributed by atoms with Crippen molar-refractivity contribution in [1.82, 2.24) is 23.7 Å². The van der Waals surface area contributed by atoms with Gasteiger partial charge in [-0.15, -0.1) is 23.7 Å². The lowest BCUT2D eigenvalue weighted by Gasteiger charge is -2.32. The maximum Gasteiger partial charge on any atom is 0.243 e. The molecule has 224 valence electrons. The SMILES string of the molecule is Cl.NC(=O)CNc1cccc(-c2nc3sccn3c2-c2ccnc(N[C@@H]3CCCN(S(=O)(=O)c4ccc(Cl)cc4)C3)n2)c1. The van der Waals surface area contributed by atoms with E-state index in [9.17, 15) is 13.2 Å². The molecular weight excluding hydrogens is 631 g/mol. The molecule has 4 N–H and O–H groups in total. The molecule has 4 heterocycles. The number of rotatable bonds is 9. The van der Waals surface area contributed by atoms with Crippen molar-refractivity contribution < 1.29 is 13.2 Å². The number of anilines is 2. The van der Waals surface area contributed by atoms with E-state index in [1.807, 2.05) is 46.3 Å². The van der Waals surface area contributed by atoms with Gasteiger partial charge in [-0.05, 0) is 55.3 Å². The van der Waals surface area contributed by atoms with E-state index in [0.717, 1.165) is 34.0 Å². The predicted octanol–water partition coefficient (Wildman–Crippen LogP) is 4.76. The molecule has 1 atom stereocenters. The number of fused-ring (bicyclic) bond motifs is 1. The number of thiazole rings is 1. The molecule has 0 unspecified atom stereocenters.